The minimum Gasteiger partial charge on any atom is -0.271 e. The van der Waals surface area contributed by atoms with Crippen molar-refractivity contribution in [2.45, 2.75) is 19.4 Å². The van der Waals surface area contributed by atoms with E-state index in [1.54, 1.807) is 12.1 Å². The van der Waals surface area contributed by atoms with Crippen LogP contribution in [-0.4, -0.2) is 0 Å². The van der Waals surface area contributed by atoms with Crippen LogP contribution in [-0.2, 0) is 6.42 Å². The molecule has 0 spiro atoms. The molecule has 0 aliphatic carbocycles. The third kappa shape index (κ3) is 2.95. The molecule has 0 amide bonds. The fourth-order valence-corrected chi connectivity index (χ4v) is 2.24. The van der Waals surface area contributed by atoms with Crippen molar-refractivity contribution in [3.8, 4) is 0 Å². The van der Waals surface area contributed by atoms with Gasteiger partial charge in [0.2, 0.25) is 0 Å². The summed E-state index contributed by atoms with van der Waals surface area (Å²) in [7, 11) is 0. The lowest BCUT2D eigenvalue weighted by Gasteiger charge is -2.18. The molecule has 100 valence electrons. The zero-order valence-electron chi connectivity index (χ0n) is 10.7. The van der Waals surface area contributed by atoms with Crippen molar-refractivity contribution in [3.63, 3.8) is 0 Å². The van der Waals surface area contributed by atoms with Crippen LogP contribution in [0.1, 0.15) is 29.7 Å². The van der Waals surface area contributed by atoms with Gasteiger partial charge in [0.25, 0.3) is 0 Å². The Balaban J connectivity index is 2.40. The Morgan fingerprint density at radius 2 is 1.89 bits per heavy atom. The van der Waals surface area contributed by atoms with Crippen molar-refractivity contribution < 1.29 is 4.39 Å². The van der Waals surface area contributed by atoms with Crippen LogP contribution in [0.25, 0.3) is 0 Å². The Bertz CT molecular complexity index is 555. The minimum atomic E-state index is -0.438. The molecular formula is C15H16ClFN2. The molecule has 0 heterocycles. The molecule has 4 heteroatoms. The lowest BCUT2D eigenvalue weighted by atomic mass is 9.97. The number of hydrogen-bond acceptors (Lipinski definition) is 2. The summed E-state index contributed by atoms with van der Waals surface area (Å²) in [5.41, 5.74) is 5.22. The van der Waals surface area contributed by atoms with Crippen molar-refractivity contribution in [3.05, 3.63) is 70.0 Å². The molecule has 1 unspecified atom stereocenters. The summed E-state index contributed by atoms with van der Waals surface area (Å²) in [6.07, 6.45) is 0.965. The molecule has 2 nitrogen and oxygen atoms in total. The number of benzene rings is 2. The van der Waals surface area contributed by atoms with Gasteiger partial charge in [-0.3, -0.25) is 5.84 Å². The molecule has 0 fully saturated rings. The maximum absolute atomic E-state index is 14.0. The van der Waals surface area contributed by atoms with Crippen molar-refractivity contribution in [1.82, 2.24) is 5.43 Å². The van der Waals surface area contributed by atoms with E-state index in [1.165, 1.54) is 11.6 Å². The maximum atomic E-state index is 14.0. The molecule has 0 aromatic heterocycles. The predicted octanol–water partition coefficient (Wildman–Crippen LogP) is 3.59. The van der Waals surface area contributed by atoms with Gasteiger partial charge in [-0.2, -0.15) is 0 Å². The van der Waals surface area contributed by atoms with Gasteiger partial charge in [0, 0.05) is 5.56 Å². The number of rotatable bonds is 4. The molecule has 2 aromatic carbocycles. The molecule has 0 radical (unpaired) electrons. The largest absolute Gasteiger partial charge is 0.271 e. The van der Waals surface area contributed by atoms with E-state index in [2.05, 4.69) is 12.3 Å². The van der Waals surface area contributed by atoms with Crippen LogP contribution in [0.3, 0.4) is 0 Å². The molecular weight excluding hydrogens is 263 g/mol. The van der Waals surface area contributed by atoms with Crippen molar-refractivity contribution in [2.75, 3.05) is 0 Å². The molecule has 0 aliphatic rings. The summed E-state index contributed by atoms with van der Waals surface area (Å²) in [5.74, 6) is 5.13. The Hall–Kier alpha value is -1.42. The summed E-state index contributed by atoms with van der Waals surface area (Å²) in [6.45, 7) is 2.09. The molecule has 0 aliphatic heterocycles. The van der Waals surface area contributed by atoms with E-state index in [9.17, 15) is 4.39 Å². The van der Waals surface area contributed by atoms with Gasteiger partial charge in [0.05, 0.1) is 11.1 Å². The quantitative estimate of drug-likeness (QED) is 0.662. The third-order valence-corrected chi connectivity index (χ3v) is 3.47. The number of hydrazine groups is 1. The van der Waals surface area contributed by atoms with Crippen LogP contribution < -0.4 is 11.3 Å². The highest BCUT2D eigenvalue weighted by Crippen LogP contribution is 2.27. The summed E-state index contributed by atoms with van der Waals surface area (Å²) in [6, 6.07) is 12.4. The van der Waals surface area contributed by atoms with Gasteiger partial charge in [0.1, 0.15) is 5.82 Å². The summed E-state index contributed by atoms with van der Waals surface area (Å²) in [4.78, 5) is 0. The van der Waals surface area contributed by atoms with Gasteiger partial charge in [-0.25, -0.2) is 9.82 Å². The van der Waals surface area contributed by atoms with Crippen LogP contribution in [0.15, 0.2) is 42.5 Å². The van der Waals surface area contributed by atoms with Gasteiger partial charge in [0.15, 0.2) is 0 Å². The first-order valence-corrected chi connectivity index (χ1v) is 6.54. The first-order chi connectivity index (χ1) is 9.17. The molecule has 0 saturated heterocycles. The van der Waals surface area contributed by atoms with Gasteiger partial charge in [-0.15, -0.1) is 0 Å². The smallest absolute Gasteiger partial charge is 0.146 e. The zero-order chi connectivity index (χ0) is 13.8. The number of hydrogen-bond donors (Lipinski definition) is 2. The second kappa shape index (κ2) is 6.15. The Morgan fingerprint density at radius 3 is 2.47 bits per heavy atom. The topological polar surface area (TPSA) is 38.0 Å². The number of aryl methyl sites for hydroxylation is 1. The van der Waals surface area contributed by atoms with E-state index < -0.39 is 11.9 Å². The highest BCUT2D eigenvalue weighted by Gasteiger charge is 2.18. The lowest BCUT2D eigenvalue weighted by molar-refractivity contribution is 0.560. The Morgan fingerprint density at radius 1 is 1.21 bits per heavy atom. The Labute approximate surface area is 117 Å². The fraction of sp³-hybridized carbons (Fsp3) is 0.200. The van der Waals surface area contributed by atoms with Gasteiger partial charge >= 0.3 is 0 Å². The van der Waals surface area contributed by atoms with Crippen molar-refractivity contribution in [1.29, 1.82) is 0 Å². The maximum Gasteiger partial charge on any atom is 0.146 e. The van der Waals surface area contributed by atoms with E-state index in [4.69, 9.17) is 17.4 Å². The second-order valence-corrected chi connectivity index (χ2v) is 4.75. The number of nitrogens with one attached hydrogen (secondary N) is 1. The monoisotopic (exact) mass is 278 g/mol. The molecule has 2 rings (SSSR count). The Kier molecular flexibility index (Phi) is 4.53. The molecule has 0 bridgehead atoms. The minimum absolute atomic E-state index is 0.0999. The van der Waals surface area contributed by atoms with Crippen LogP contribution in [0.5, 0.6) is 0 Å². The first-order valence-electron chi connectivity index (χ1n) is 6.16. The normalized spacial score (nSPS) is 12.4. The average molecular weight is 279 g/mol. The van der Waals surface area contributed by atoms with Crippen LogP contribution in [0.4, 0.5) is 4.39 Å². The molecule has 0 saturated carbocycles. The lowest BCUT2D eigenvalue weighted by Crippen LogP contribution is -2.29. The van der Waals surface area contributed by atoms with Crippen molar-refractivity contribution in [2.24, 2.45) is 5.84 Å². The van der Waals surface area contributed by atoms with Gasteiger partial charge < -0.3 is 0 Å². The van der Waals surface area contributed by atoms with Crippen LogP contribution in [0.2, 0.25) is 5.02 Å². The number of nitrogens with two attached hydrogens (primary N) is 1. The highest BCUT2D eigenvalue weighted by atomic mass is 35.5. The average Bonchev–Trinajstić information content (AvgIpc) is 2.45. The molecule has 19 heavy (non-hydrogen) atoms. The SMILES string of the molecule is CCc1ccc(C(NN)c2cccc(Cl)c2F)cc1. The van der Waals surface area contributed by atoms with E-state index in [0.29, 0.717) is 5.56 Å². The third-order valence-electron chi connectivity index (χ3n) is 3.18. The van der Waals surface area contributed by atoms with E-state index in [-0.39, 0.29) is 5.02 Å². The van der Waals surface area contributed by atoms with Crippen molar-refractivity contribution >= 4 is 11.6 Å². The summed E-state index contributed by atoms with van der Waals surface area (Å²) >= 11 is 5.81. The van der Waals surface area contributed by atoms with Crippen LogP contribution in [0, 0.1) is 5.82 Å². The molecule has 2 aromatic rings. The second-order valence-electron chi connectivity index (χ2n) is 4.34. The highest BCUT2D eigenvalue weighted by molar-refractivity contribution is 6.30. The molecule has 3 N–H and O–H groups in total. The van der Waals surface area contributed by atoms with E-state index in [1.807, 2.05) is 24.3 Å². The van der Waals surface area contributed by atoms with E-state index in [0.717, 1.165) is 12.0 Å². The van der Waals surface area contributed by atoms with Crippen LogP contribution >= 0.6 is 11.6 Å². The standard InChI is InChI=1S/C15H16ClFN2/c1-2-10-6-8-11(9-7-10)15(19-18)12-4-3-5-13(16)14(12)17/h3-9,15,19H,2,18H2,1H3. The van der Waals surface area contributed by atoms with Gasteiger partial charge in [-0.1, -0.05) is 54.9 Å². The summed E-state index contributed by atoms with van der Waals surface area (Å²) in [5, 5.41) is 0.0999. The first kappa shape index (κ1) is 14.0. The molecule has 1 atom stereocenters. The van der Waals surface area contributed by atoms with Gasteiger partial charge in [-0.05, 0) is 23.6 Å². The fourth-order valence-electron chi connectivity index (χ4n) is 2.05. The zero-order valence-corrected chi connectivity index (χ0v) is 11.4. The predicted molar refractivity (Wildman–Crippen MR) is 76.4 cm³/mol. The summed E-state index contributed by atoms with van der Waals surface area (Å²) < 4.78 is 14.0. The number of halogens is 2. The van der Waals surface area contributed by atoms with E-state index >= 15 is 0 Å².